The highest BCUT2D eigenvalue weighted by Crippen LogP contribution is 2.20. The van der Waals surface area contributed by atoms with Crippen molar-refractivity contribution in [1.82, 2.24) is 9.97 Å². The standard InChI is InChI=1S/C11H12N2O/c1-8-2-3-10(14)9(6-8)7-11-12-4-5-13-11/h2-6,14H,7H2,1H3,(H,12,13). The van der Waals surface area contributed by atoms with Crippen molar-refractivity contribution in [1.29, 1.82) is 0 Å². The van der Waals surface area contributed by atoms with E-state index < -0.39 is 0 Å². The predicted octanol–water partition coefficient (Wildman–Crippen LogP) is 2.01. The molecule has 0 aliphatic rings. The Balaban J connectivity index is 2.28. The second-order valence-electron chi connectivity index (χ2n) is 3.34. The first-order valence-corrected chi connectivity index (χ1v) is 4.52. The van der Waals surface area contributed by atoms with Crippen LogP contribution >= 0.6 is 0 Å². The quantitative estimate of drug-likeness (QED) is 0.757. The van der Waals surface area contributed by atoms with E-state index in [1.165, 1.54) is 0 Å². The molecule has 72 valence electrons. The summed E-state index contributed by atoms with van der Waals surface area (Å²) in [4.78, 5) is 7.13. The Morgan fingerprint density at radius 1 is 1.43 bits per heavy atom. The second-order valence-corrected chi connectivity index (χ2v) is 3.34. The normalized spacial score (nSPS) is 10.4. The van der Waals surface area contributed by atoms with Gasteiger partial charge in [0, 0.05) is 24.4 Å². The number of hydrogen-bond donors (Lipinski definition) is 2. The Kier molecular flexibility index (Phi) is 2.23. The first kappa shape index (κ1) is 8.81. The topological polar surface area (TPSA) is 48.9 Å². The van der Waals surface area contributed by atoms with E-state index in [1.807, 2.05) is 19.1 Å². The van der Waals surface area contributed by atoms with Crippen LogP contribution in [-0.4, -0.2) is 15.1 Å². The monoisotopic (exact) mass is 188 g/mol. The summed E-state index contributed by atoms with van der Waals surface area (Å²) in [5.74, 6) is 1.19. The van der Waals surface area contributed by atoms with E-state index in [4.69, 9.17) is 0 Å². The van der Waals surface area contributed by atoms with E-state index in [2.05, 4.69) is 9.97 Å². The van der Waals surface area contributed by atoms with Gasteiger partial charge in [-0.05, 0) is 13.0 Å². The molecular weight excluding hydrogens is 176 g/mol. The summed E-state index contributed by atoms with van der Waals surface area (Å²) in [6.07, 6.45) is 4.13. The summed E-state index contributed by atoms with van der Waals surface area (Å²) in [7, 11) is 0. The lowest BCUT2D eigenvalue weighted by molar-refractivity contribution is 0.469. The van der Waals surface area contributed by atoms with Crippen LogP contribution in [0.1, 0.15) is 17.0 Å². The summed E-state index contributed by atoms with van der Waals surface area (Å²) in [6.45, 7) is 2.01. The van der Waals surface area contributed by atoms with Crippen molar-refractivity contribution in [3.05, 3.63) is 47.5 Å². The van der Waals surface area contributed by atoms with Crippen LogP contribution in [0, 0.1) is 6.92 Å². The minimum absolute atomic E-state index is 0.326. The Morgan fingerprint density at radius 3 is 3.00 bits per heavy atom. The number of nitrogens with one attached hydrogen (secondary N) is 1. The molecule has 0 aliphatic carbocycles. The molecule has 14 heavy (non-hydrogen) atoms. The number of H-pyrrole nitrogens is 1. The maximum Gasteiger partial charge on any atom is 0.119 e. The van der Waals surface area contributed by atoms with Gasteiger partial charge in [-0.1, -0.05) is 17.7 Å². The number of rotatable bonds is 2. The third kappa shape index (κ3) is 1.76. The number of aromatic amines is 1. The number of hydrogen-bond acceptors (Lipinski definition) is 2. The Hall–Kier alpha value is -1.77. The van der Waals surface area contributed by atoms with Gasteiger partial charge < -0.3 is 10.1 Å². The lowest BCUT2D eigenvalue weighted by Crippen LogP contribution is -1.91. The Labute approximate surface area is 82.4 Å². The molecule has 0 saturated heterocycles. The van der Waals surface area contributed by atoms with Crippen LogP contribution in [0.15, 0.2) is 30.6 Å². The smallest absolute Gasteiger partial charge is 0.119 e. The third-order valence-corrected chi connectivity index (χ3v) is 2.15. The van der Waals surface area contributed by atoms with Gasteiger partial charge in [0.25, 0.3) is 0 Å². The lowest BCUT2D eigenvalue weighted by Gasteiger charge is -2.03. The number of benzene rings is 1. The highest BCUT2D eigenvalue weighted by atomic mass is 16.3. The summed E-state index contributed by atoms with van der Waals surface area (Å²) >= 11 is 0. The van der Waals surface area contributed by atoms with Gasteiger partial charge in [-0.2, -0.15) is 0 Å². The van der Waals surface area contributed by atoms with Crippen LogP contribution in [0.5, 0.6) is 5.75 Å². The van der Waals surface area contributed by atoms with Crippen LogP contribution in [0.25, 0.3) is 0 Å². The zero-order chi connectivity index (χ0) is 9.97. The minimum atomic E-state index is 0.326. The molecule has 2 rings (SSSR count). The zero-order valence-electron chi connectivity index (χ0n) is 7.99. The molecule has 0 bridgehead atoms. The highest BCUT2D eigenvalue weighted by molar-refractivity contribution is 5.37. The maximum atomic E-state index is 9.59. The zero-order valence-corrected chi connectivity index (χ0v) is 7.99. The summed E-state index contributed by atoms with van der Waals surface area (Å²) in [5.41, 5.74) is 2.05. The number of nitrogens with zero attached hydrogens (tertiary/aromatic N) is 1. The Bertz CT molecular complexity index is 421. The number of phenols is 1. The number of imidazole rings is 1. The van der Waals surface area contributed by atoms with Gasteiger partial charge in [0.1, 0.15) is 11.6 Å². The van der Waals surface area contributed by atoms with Gasteiger partial charge in [0.15, 0.2) is 0 Å². The summed E-state index contributed by atoms with van der Waals surface area (Å²) in [5, 5.41) is 9.59. The van der Waals surface area contributed by atoms with Crippen molar-refractivity contribution in [3.8, 4) is 5.75 Å². The van der Waals surface area contributed by atoms with E-state index >= 15 is 0 Å². The number of phenolic OH excluding ortho intramolecular Hbond substituents is 1. The molecule has 3 nitrogen and oxygen atoms in total. The van der Waals surface area contributed by atoms with Crippen molar-refractivity contribution in [2.24, 2.45) is 0 Å². The van der Waals surface area contributed by atoms with Crippen molar-refractivity contribution < 1.29 is 5.11 Å². The molecule has 2 aromatic rings. The van der Waals surface area contributed by atoms with Crippen LogP contribution in [0.3, 0.4) is 0 Å². The van der Waals surface area contributed by atoms with Crippen molar-refractivity contribution >= 4 is 0 Å². The van der Waals surface area contributed by atoms with E-state index in [0.717, 1.165) is 17.0 Å². The molecule has 3 heteroatoms. The molecule has 0 spiro atoms. The fourth-order valence-electron chi connectivity index (χ4n) is 1.43. The minimum Gasteiger partial charge on any atom is -0.508 e. The average molecular weight is 188 g/mol. The van der Waals surface area contributed by atoms with E-state index in [-0.39, 0.29) is 0 Å². The molecular formula is C11H12N2O. The fourth-order valence-corrected chi connectivity index (χ4v) is 1.43. The second kappa shape index (κ2) is 3.54. The molecule has 2 N–H and O–H groups in total. The van der Waals surface area contributed by atoms with Crippen molar-refractivity contribution in [2.75, 3.05) is 0 Å². The molecule has 0 amide bonds. The lowest BCUT2D eigenvalue weighted by atomic mass is 10.1. The first-order chi connectivity index (χ1) is 6.75. The molecule has 1 aromatic carbocycles. The van der Waals surface area contributed by atoms with Crippen LogP contribution in [0.4, 0.5) is 0 Å². The largest absolute Gasteiger partial charge is 0.508 e. The van der Waals surface area contributed by atoms with E-state index in [9.17, 15) is 5.11 Å². The van der Waals surface area contributed by atoms with Gasteiger partial charge in [-0.3, -0.25) is 0 Å². The third-order valence-electron chi connectivity index (χ3n) is 2.15. The van der Waals surface area contributed by atoms with Crippen LogP contribution in [-0.2, 0) is 6.42 Å². The molecule has 0 aliphatic heterocycles. The van der Waals surface area contributed by atoms with Gasteiger partial charge in [-0.25, -0.2) is 4.98 Å². The van der Waals surface area contributed by atoms with E-state index in [1.54, 1.807) is 18.5 Å². The van der Waals surface area contributed by atoms with Gasteiger partial charge >= 0.3 is 0 Å². The Morgan fingerprint density at radius 2 is 2.29 bits per heavy atom. The molecule has 1 aromatic heterocycles. The molecule has 0 fully saturated rings. The summed E-state index contributed by atoms with van der Waals surface area (Å²) in [6, 6.07) is 5.58. The van der Waals surface area contributed by atoms with Crippen molar-refractivity contribution in [3.63, 3.8) is 0 Å². The SMILES string of the molecule is Cc1ccc(O)c(Cc2ncc[nH]2)c1. The number of aryl methyl sites for hydroxylation is 1. The van der Waals surface area contributed by atoms with Crippen LogP contribution < -0.4 is 0 Å². The summed E-state index contributed by atoms with van der Waals surface area (Å²) < 4.78 is 0. The molecule has 0 radical (unpaired) electrons. The predicted molar refractivity (Wildman–Crippen MR) is 54.2 cm³/mol. The maximum absolute atomic E-state index is 9.59. The average Bonchev–Trinajstić information content (AvgIpc) is 2.64. The number of aromatic nitrogens is 2. The fraction of sp³-hybridized carbons (Fsp3) is 0.182. The van der Waals surface area contributed by atoms with Gasteiger partial charge in [-0.15, -0.1) is 0 Å². The van der Waals surface area contributed by atoms with Gasteiger partial charge in [0.05, 0.1) is 0 Å². The number of aromatic hydroxyl groups is 1. The van der Waals surface area contributed by atoms with Crippen LogP contribution in [0.2, 0.25) is 0 Å². The molecule has 0 unspecified atom stereocenters. The van der Waals surface area contributed by atoms with Crippen molar-refractivity contribution in [2.45, 2.75) is 13.3 Å². The molecule has 0 atom stereocenters. The van der Waals surface area contributed by atoms with Gasteiger partial charge in [0.2, 0.25) is 0 Å². The highest BCUT2D eigenvalue weighted by Gasteiger charge is 2.03. The molecule has 0 saturated carbocycles. The van der Waals surface area contributed by atoms with E-state index in [0.29, 0.717) is 12.2 Å². The first-order valence-electron chi connectivity index (χ1n) is 4.52. The molecule has 1 heterocycles.